The van der Waals surface area contributed by atoms with E-state index >= 15 is 0 Å². The summed E-state index contributed by atoms with van der Waals surface area (Å²) in [6.07, 6.45) is 0. The summed E-state index contributed by atoms with van der Waals surface area (Å²) in [6, 6.07) is 85.8. The predicted molar refractivity (Wildman–Crippen MR) is 369 cm³/mol. The Labute approximate surface area is 499 Å². The molecule has 4 nitrogen and oxygen atoms in total. The molecule has 0 fully saturated rings. The number of hydrogen-bond acceptors (Lipinski definition) is 0. The van der Waals surface area contributed by atoms with E-state index < -0.39 is 0 Å². The third-order valence-electron chi connectivity index (χ3n) is 19.6. The van der Waals surface area contributed by atoms with Crippen LogP contribution in [0.15, 0.2) is 224 Å². The Bertz CT molecular complexity index is 5920. The summed E-state index contributed by atoms with van der Waals surface area (Å²) < 4.78 is 10.2. The average Bonchev–Trinajstić information content (AvgIpc) is 1.51. The summed E-state index contributed by atoms with van der Waals surface area (Å²) in [5.41, 5.74) is 23.4. The molecule has 0 bridgehead atoms. The fraction of sp³-hybridized carbons (Fsp3) is 0.146. The average molecular weight is 1110 g/mol. The number of aromatic nitrogens is 4. The van der Waals surface area contributed by atoms with Crippen molar-refractivity contribution in [1.82, 2.24) is 17.9 Å². The molecule has 0 radical (unpaired) electrons. The van der Waals surface area contributed by atoms with Gasteiger partial charge in [-0.25, -0.2) is 0 Å². The van der Waals surface area contributed by atoms with Gasteiger partial charge in [-0.3, -0.25) is 0 Å². The number of nitrogens with zero attached hydrogens (tertiary/aromatic N) is 4. The van der Waals surface area contributed by atoms with Crippen molar-refractivity contribution in [3.05, 3.63) is 241 Å². The van der Waals surface area contributed by atoms with E-state index in [1.54, 1.807) is 0 Å². The molecule has 412 valence electrons. The molecule has 0 aliphatic heterocycles. The Kier molecular flexibility index (Phi) is 9.74. The van der Waals surface area contributed by atoms with Crippen molar-refractivity contribution < 1.29 is 0 Å². The van der Waals surface area contributed by atoms with Gasteiger partial charge < -0.3 is 17.9 Å². The van der Waals surface area contributed by atoms with Crippen LogP contribution in [-0.2, 0) is 16.2 Å². The van der Waals surface area contributed by atoms with Crippen LogP contribution < -0.4 is 0 Å². The molecule has 6 heterocycles. The van der Waals surface area contributed by atoms with Crippen LogP contribution in [0.1, 0.15) is 79.0 Å². The van der Waals surface area contributed by atoms with Crippen LogP contribution in [0.3, 0.4) is 0 Å². The molecular formula is C82H64N4. The minimum absolute atomic E-state index is 0.102. The molecule has 0 saturated heterocycles. The minimum Gasteiger partial charge on any atom is -0.309 e. The first kappa shape index (κ1) is 49.5. The van der Waals surface area contributed by atoms with Crippen molar-refractivity contribution in [2.45, 2.75) is 78.6 Å². The molecule has 0 spiro atoms. The first-order chi connectivity index (χ1) is 41.6. The SMILES string of the molecule is CC(C)(C)c1cc(-c2ccc3c(c2)c2ccccc2n3-c2ccccc2)c2c(c1)c1cc(C(C)(C)C)cc3c4c5c6cc7ccccc7c7c8cc(C(C)(C)C)cc(-c9ccc%10c(c9)c9ccccc9n%10-c9ccccc9)c8n(c5ccc4n2c13)c67. The van der Waals surface area contributed by atoms with Crippen LogP contribution in [-0.4, -0.2) is 17.9 Å². The zero-order valence-electron chi connectivity index (χ0n) is 50.2. The molecule has 12 aromatic carbocycles. The van der Waals surface area contributed by atoms with Crippen molar-refractivity contribution >= 4 is 131 Å². The highest BCUT2D eigenvalue weighted by molar-refractivity contribution is 6.39. The number of hydrogen-bond donors (Lipinski definition) is 0. The van der Waals surface area contributed by atoms with Crippen molar-refractivity contribution in [3.63, 3.8) is 0 Å². The number of benzene rings is 12. The lowest BCUT2D eigenvalue weighted by atomic mass is 9.82. The molecular weight excluding hydrogens is 1040 g/mol. The maximum absolute atomic E-state index is 2.68. The maximum Gasteiger partial charge on any atom is 0.0627 e. The Morgan fingerprint density at radius 3 is 1.13 bits per heavy atom. The van der Waals surface area contributed by atoms with Crippen LogP contribution >= 0.6 is 0 Å². The smallest absolute Gasteiger partial charge is 0.0627 e. The third kappa shape index (κ3) is 6.65. The van der Waals surface area contributed by atoms with Gasteiger partial charge in [0.2, 0.25) is 0 Å². The van der Waals surface area contributed by atoms with Gasteiger partial charge in [0.15, 0.2) is 0 Å². The van der Waals surface area contributed by atoms with Crippen molar-refractivity contribution in [2.24, 2.45) is 0 Å². The zero-order valence-corrected chi connectivity index (χ0v) is 50.2. The van der Waals surface area contributed by atoms with Crippen LogP contribution in [0.25, 0.3) is 164 Å². The van der Waals surface area contributed by atoms with Crippen molar-refractivity contribution in [2.75, 3.05) is 0 Å². The lowest BCUT2D eigenvalue weighted by molar-refractivity contribution is 0.591. The molecule has 0 aliphatic carbocycles. The zero-order chi connectivity index (χ0) is 58.0. The van der Waals surface area contributed by atoms with Gasteiger partial charge in [-0.15, -0.1) is 0 Å². The van der Waals surface area contributed by atoms with Gasteiger partial charge in [0.05, 0.1) is 55.2 Å². The highest BCUT2D eigenvalue weighted by atomic mass is 15.0. The topological polar surface area (TPSA) is 18.7 Å². The third-order valence-corrected chi connectivity index (χ3v) is 19.6. The number of fused-ring (bicyclic) bond motifs is 21. The Morgan fingerprint density at radius 2 is 0.616 bits per heavy atom. The summed E-state index contributed by atoms with van der Waals surface area (Å²) in [5.74, 6) is 0. The van der Waals surface area contributed by atoms with Crippen LogP contribution in [0.4, 0.5) is 0 Å². The molecule has 0 amide bonds. The number of para-hydroxylation sites is 4. The second-order valence-electron chi connectivity index (χ2n) is 27.7. The first-order valence-electron chi connectivity index (χ1n) is 30.7. The fourth-order valence-electron chi connectivity index (χ4n) is 15.4. The van der Waals surface area contributed by atoms with Gasteiger partial charge in [0.1, 0.15) is 0 Å². The van der Waals surface area contributed by atoms with Crippen molar-refractivity contribution in [3.8, 4) is 33.6 Å². The van der Waals surface area contributed by atoms with Gasteiger partial charge in [0, 0.05) is 87.1 Å². The van der Waals surface area contributed by atoms with Crippen LogP contribution in [0, 0.1) is 0 Å². The first-order valence-corrected chi connectivity index (χ1v) is 30.7. The largest absolute Gasteiger partial charge is 0.309 e. The van der Waals surface area contributed by atoms with Gasteiger partial charge in [-0.1, -0.05) is 172 Å². The van der Waals surface area contributed by atoms with Crippen LogP contribution in [0.2, 0.25) is 0 Å². The second-order valence-corrected chi connectivity index (χ2v) is 27.7. The molecule has 86 heavy (non-hydrogen) atoms. The van der Waals surface area contributed by atoms with E-state index in [9.17, 15) is 0 Å². The highest BCUT2D eigenvalue weighted by Gasteiger charge is 2.32. The molecule has 0 atom stereocenters. The van der Waals surface area contributed by atoms with E-state index in [1.165, 1.54) is 181 Å². The standard InChI is InChI=1S/C82H64N4/c1-80(2,3)50-41-58(48-32-34-69-60(38-48)56-28-18-20-30-67(56)83(69)53-23-12-10-13-24-53)76-62(43-50)63-44-52(82(7,8)9)46-66-75-71(85(76)78(63)66)36-37-72-74(75)64-40-47-22-16-17-27-55(47)73-65-45-51(81(4,5)6)42-59(77(65)86(72)79(64)73)49-33-35-70-61(39-49)57-29-19-21-31-68(57)84(70)54-25-14-11-15-26-54/h10-46H,1-9H3. The van der Waals surface area contributed by atoms with Gasteiger partial charge in [-0.2, -0.15) is 0 Å². The quantitative estimate of drug-likeness (QED) is 0.167. The van der Waals surface area contributed by atoms with E-state index in [0.717, 1.165) is 0 Å². The van der Waals surface area contributed by atoms with Gasteiger partial charge >= 0.3 is 0 Å². The van der Waals surface area contributed by atoms with Gasteiger partial charge in [-0.05, 0) is 170 Å². The van der Waals surface area contributed by atoms with E-state index in [-0.39, 0.29) is 16.2 Å². The minimum atomic E-state index is -0.117. The summed E-state index contributed by atoms with van der Waals surface area (Å²) in [5, 5.41) is 18.1. The summed E-state index contributed by atoms with van der Waals surface area (Å²) in [6.45, 7) is 21.3. The van der Waals surface area contributed by atoms with Crippen LogP contribution in [0.5, 0.6) is 0 Å². The summed E-state index contributed by atoms with van der Waals surface area (Å²) in [7, 11) is 0. The Balaban J connectivity index is 0.990. The molecule has 6 aromatic heterocycles. The van der Waals surface area contributed by atoms with Crippen molar-refractivity contribution in [1.29, 1.82) is 0 Å². The number of rotatable bonds is 4. The Hall–Kier alpha value is -9.90. The molecule has 0 unspecified atom stereocenters. The lowest BCUT2D eigenvalue weighted by Gasteiger charge is -2.22. The fourth-order valence-corrected chi connectivity index (χ4v) is 15.4. The summed E-state index contributed by atoms with van der Waals surface area (Å²) in [4.78, 5) is 0. The molecule has 18 rings (SSSR count). The molecule has 0 aliphatic rings. The van der Waals surface area contributed by atoms with E-state index in [2.05, 4.69) is 305 Å². The van der Waals surface area contributed by atoms with E-state index in [4.69, 9.17) is 0 Å². The second kappa shape index (κ2) is 16.9. The summed E-state index contributed by atoms with van der Waals surface area (Å²) >= 11 is 0. The maximum atomic E-state index is 2.68. The lowest BCUT2D eigenvalue weighted by Crippen LogP contribution is -2.11. The molecule has 0 N–H and O–H groups in total. The highest BCUT2D eigenvalue weighted by Crippen LogP contribution is 2.53. The normalized spacial score (nSPS) is 13.2. The monoisotopic (exact) mass is 1100 g/mol. The molecule has 4 heteroatoms. The van der Waals surface area contributed by atoms with E-state index in [1.807, 2.05) is 0 Å². The Morgan fingerprint density at radius 1 is 0.244 bits per heavy atom. The molecule has 0 saturated carbocycles. The predicted octanol–water partition coefficient (Wildman–Crippen LogP) is 22.6. The molecule has 18 aromatic rings. The van der Waals surface area contributed by atoms with E-state index in [0.29, 0.717) is 0 Å². The van der Waals surface area contributed by atoms with Gasteiger partial charge in [0.25, 0.3) is 0 Å².